The summed E-state index contributed by atoms with van der Waals surface area (Å²) in [6.07, 6.45) is 1.67. The number of carbonyl (C=O) groups excluding carboxylic acids is 1. The Hall–Kier alpha value is -0.870. The van der Waals surface area contributed by atoms with Crippen LogP contribution in [0.1, 0.15) is 45.5 Å². The van der Waals surface area contributed by atoms with Crippen LogP contribution in [0.4, 0.5) is 0 Å². The molecule has 0 aliphatic rings. The number of rotatable bonds is 7. The molecule has 1 aromatic heterocycles. The van der Waals surface area contributed by atoms with E-state index in [9.17, 15) is 4.79 Å². The molecule has 19 heavy (non-hydrogen) atoms. The van der Waals surface area contributed by atoms with Gasteiger partial charge in [-0.15, -0.1) is 0 Å². The molecule has 1 unspecified atom stereocenters. The Kier molecular flexibility index (Phi) is 5.56. The minimum atomic E-state index is -0.751. The molecule has 0 saturated carbocycles. The van der Waals surface area contributed by atoms with Gasteiger partial charge >= 0.3 is 0 Å². The maximum Gasteiger partial charge on any atom is 0.170 e. The van der Waals surface area contributed by atoms with Gasteiger partial charge in [-0.25, -0.2) is 0 Å². The summed E-state index contributed by atoms with van der Waals surface area (Å²) in [6.45, 7) is 8.46. The van der Waals surface area contributed by atoms with E-state index in [-0.39, 0.29) is 12.2 Å². The normalized spacial score (nSPS) is 14.4. The predicted molar refractivity (Wildman–Crippen MR) is 76.7 cm³/mol. The van der Waals surface area contributed by atoms with Gasteiger partial charge in [0.2, 0.25) is 0 Å². The van der Waals surface area contributed by atoms with E-state index in [2.05, 4.69) is 5.10 Å². The topological polar surface area (TPSA) is 44.1 Å². The lowest BCUT2D eigenvalue weighted by molar-refractivity contribution is -0.138. The lowest BCUT2D eigenvalue weighted by Crippen LogP contribution is -2.38. The van der Waals surface area contributed by atoms with Gasteiger partial charge in [0.05, 0.1) is 22.8 Å². The smallest absolute Gasteiger partial charge is 0.170 e. The lowest BCUT2D eigenvalue weighted by Gasteiger charge is -2.25. The number of aryl methyl sites for hydroxylation is 2. The number of halogens is 1. The van der Waals surface area contributed by atoms with Crippen LogP contribution in [0.2, 0.25) is 5.02 Å². The summed E-state index contributed by atoms with van der Waals surface area (Å²) in [6, 6.07) is 0. The maximum atomic E-state index is 12.4. The fourth-order valence-corrected chi connectivity index (χ4v) is 2.32. The lowest BCUT2D eigenvalue weighted by atomic mass is 9.94. The van der Waals surface area contributed by atoms with Crippen molar-refractivity contribution in [1.82, 2.24) is 9.78 Å². The monoisotopic (exact) mass is 286 g/mol. The van der Waals surface area contributed by atoms with Gasteiger partial charge in [0.1, 0.15) is 5.60 Å². The van der Waals surface area contributed by atoms with Crippen molar-refractivity contribution in [2.45, 2.75) is 59.1 Å². The quantitative estimate of drug-likeness (QED) is 0.774. The Morgan fingerprint density at radius 1 is 1.42 bits per heavy atom. The fraction of sp³-hybridized carbons (Fsp3) is 0.714. The van der Waals surface area contributed by atoms with Gasteiger partial charge in [-0.05, 0) is 26.7 Å². The predicted octanol–water partition coefficient (Wildman–Crippen LogP) is 3.05. The summed E-state index contributed by atoms with van der Waals surface area (Å²) in [4.78, 5) is 12.4. The molecular formula is C14H23ClN2O2. The zero-order chi connectivity index (χ0) is 14.6. The molecule has 0 aliphatic carbocycles. The first-order valence-electron chi connectivity index (χ1n) is 6.75. The highest BCUT2D eigenvalue weighted by Gasteiger charge is 2.32. The standard InChI is InChI=1S/C14H23ClN2O2/c1-6-10-13(15)11(17(8-3)16-10)9-12(18)14(4,7-2)19-5/h6-9H2,1-5H3. The average Bonchev–Trinajstić information content (AvgIpc) is 2.74. The minimum absolute atomic E-state index is 0.0386. The number of ketones is 1. The zero-order valence-corrected chi connectivity index (χ0v) is 13.2. The number of aromatic nitrogens is 2. The van der Waals surface area contributed by atoms with E-state index in [1.54, 1.807) is 7.11 Å². The van der Waals surface area contributed by atoms with Crippen LogP contribution >= 0.6 is 11.6 Å². The summed E-state index contributed by atoms with van der Waals surface area (Å²) in [5.41, 5.74) is 0.892. The molecule has 0 bridgehead atoms. The summed E-state index contributed by atoms with van der Waals surface area (Å²) in [5.74, 6) is 0.0386. The van der Waals surface area contributed by atoms with Crippen molar-refractivity contribution >= 4 is 17.4 Å². The second-order valence-electron chi connectivity index (χ2n) is 4.77. The van der Waals surface area contributed by atoms with Crippen LogP contribution < -0.4 is 0 Å². The van der Waals surface area contributed by atoms with Crippen LogP contribution in [-0.4, -0.2) is 28.3 Å². The van der Waals surface area contributed by atoms with E-state index < -0.39 is 5.60 Å². The number of hydrogen-bond donors (Lipinski definition) is 0. The molecular weight excluding hydrogens is 264 g/mol. The summed E-state index contributed by atoms with van der Waals surface area (Å²) < 4.78 is 7.16. The van der Waals surface area contributed by atoms with E-state index in [1.807, 2.05) is 32.4 Å². The third-order valence-electron chi connectivity index (χ3n) is 3.74. The van der Waals surface area contributed by atoms with E-state index in [1.165, 1.54) is 0 Å². The molecule has 0 spiro atoms. The third-order valence-corrected chi connectivity index (χ3v) is 4.17. The molecule has 1 heterocycles. The number of Topliss-reactive ketones (excluding diaryl/α,β-unsaturated/α-hetero) is 1. The third kappa shape index (κ3) is 3.18. The largest absolute Gasteiger partial charge is 0.371 e. The van der Waals surface area contributed by atoms with Crippen LogP contribution in [0.3, 0.4) is 0 Å². The number of nitrogens with zero attached hydrogens (tertiary/aromatic N) is 2. The van der Waals surface area contributed by atoms with Gasteiger partial charge in [-0.1, -0.05) is 25.4 Å². The van der Waals surface area contributed by atoms with Crippen molar-refractivity contribution in [3.05, 3.63) is 16.4 Å². The first kappa shape index (κ1) is 16.2. The average molecular weight is 287 g/mol. The molecule has 1 rings (SSSR count). The van der Waals surface area contributed by atoms with E-state index >= 15 is 0 Å². The Morgan fingerprint density at radius 2 is 2.05 bits per heavy atom. The number of ether oxygens (including phenoxy) is 1. The Morgan fingerprint density at radius 3 is 2.47 bits per heavy atom. The second-order valence-corrected chi connectivity index (χ2v) is 5.14. The first-order chi connectivity index (χ1) is 8.93. The SMILES string of the molecule is CCc1nn(CC)c(CC(=O)C(C)(CC)OC)c1Cl. The zero-order valence-electron chi connectivity index (χ0n) is 12.4. The van der Waals surface area contributed by atoms with Gasteiger partial charge in [-0.2, -0.15) is 5.10 Å². The van der Waals surface area contributed by atoms with Crippen LogP contribution in [-0.2, 0) is 28.9 Å². The minimum Gasteiger partial charge on any atom is -0.371 e. The highest BCUT2D eigenvalue weighted by atomic mass is 35.5. The van der Waals surface area contributed by atoms with Crippen molar-refractivity contribution < 1.29 is 9.53 Å². The maximum absolute atomic E-state index is 12.4. The fourth-order valence-electron chi connectivity index (χ4n) is 1.98. The molecule has 0 aromatic carbocycles. The molecule has 0 amide bonds. The van der Waals surface area contributed by atoms with Crippen molar-refractivity contribution in [2.24, 2.45) is 0 Å². The first-order valence-corrected chi connectivity index (χ1v) is 7.13. The van der Waals surface area contributed by atoms with Crippen molar-refractivity contribution in [3.63, 3.8) is 0 Å². The highest BCUT2D eigenvalue weighted by molar-refractivity contribution is 6.32. The number of carbonyl (C=O) groups is 1. The van der Waals surface area contributed by atoms with Crippen LogP contribution in [0.5, 0.6) is 0 Å². The summed E-state index contributed by atoms with van der Waals surface area (Å²) in [5, 5.41) is 5.04. The van der Waals surface area contributed by atoms with Gasteiger partial charge in [0.25, 0.3) is 0 Å². The summed E-state index contributed by atoms with van der Waals surface area (Å²) >= 11 is 6.31. The van der Waals surface area contributed by atoms with Gasteiger partial charge in [0, 0.05) is 13.7 Å². The Balaban J connectivity index is 3.05. The number of methoxy groups -OCH3 is 1. The van der Waals surface area contributed by atoms with Crippen LogP contribution in [0, 0.1) is 0 Å². The number of hydrogen-bond acceptors (Lipinski definition) is 3. The van der Waals surface area contributed by atoms with Crippen LogP contribution in [0.25, 0.3) is 0 Å². The Labute approximate surface area is 120 Å². The van der Waals surface area contributed by atoms with Gasteiger partial charge in [0.15, 0.2) is 5.78 Å². The van der Waals surface area contributed by atoms with Gasteiger partial charge in [-0.3, -0.25) is 9.48 Å². The molecule has 1 atom stereocenters. The highest BCUT2D eigenvalue weighted by Crippen LogP contribution is 2.25. The molecule has 0 fully saturated rings. The molecule has 0 saturated heterocycles. The molecule has 0 N–H and O–H groups in total. The Bertz CT molecular complexity index is 451. The van der Waals surface area contributed by atoms with Crippen molar-refractivity contribution in [2.75, 3.05) is 7.11 Å². The molecule has 1 aromatic rings. The molecule has 5 heteroatoms. The molecule has 0 radical (unpaired) electrons. The van der Waals surface area contributed by atoms with E-state index in [0.717, 1.165) is 17.8 Å². The molecule has 0 aliphatic heterocycles. The van der Waals surface area contributed by atoms with E-state index in [4.69, 9.17) is 16.3 Å². The molecule has 108 valence electrons. The van der Waals surface area contributed by atoms with E-state index in [0.29, 0.717) is 18.0 Å². The molecule has 4 nitrogen and oxygen atoms in total. The van der Waals surface area contributed by atoms with Crippen molar-refractivity contribution in [3.8, 4) is 0 Å². The van der Waals surface area contributed by atoms with Crippen LogP contribution in [0.15, 0.2) is 0 Å². The van der Waals surface area contributed by atoms with Crippen molar-refractivity contribution in [1.29, 1.82) is 0 Å². The second kappa shape index (κ2) is 6.53. The summed E-state index contributed by atoms with van der Waals surface area (Å²) in [7, 11) is 1.57. The van der Waals surface area contributed by atoms with Gasteiger partial charge < -0.3 is 4.74 Å².